The summed E-state index contributed by atoms with van der Waals surface area (Å²) in [5.41, 5.74) is 3.90. The van der Waals surface area contributed by atoms with Crippen molar-refractivity contribution in [1.29, 1.82) is 5.26 Å². The van der Waals surface area contributed by atoms with Crippen molar-refractivity contribution in [3.05, 3.63) is 58.9 Å². The van der Waals surface area contributed by atoms with Gasteiger partial charge in [0, 0.05) is 16.3 Å². The quantitative estimate of drug-likeness (QED) is 0.672. The molecule has 0 fully saturated rings. The topological polar surface area (TPSA) is 41.1 Å². The Kier molecular flexibility index (Phi) is 2.73. The summed E-state index contributed by atoms with van der Waals surface area (Å²) in [4.78, 5) is 4.54. The Bertz CT molecular complexity index is 795. The zero-order valence-corrected chi connectivity index (χ0v) is 11.0. The molecule has 0 aliphatic rings. The summed E-state index contributed by atoms with van der Waals surface area (Å²) in [6, 6.07) is 15.4. The minimum atomic E-state index is 0.551. The number of hydrogen-bond acceptors (Lipinski definition) is 2. The largest absolute Gasteiger partial charge is 0.288 e. The standard InChI is InChI=1S/C15H10ClN3/c1-10-3-2-4-14-18-15(13(9-17)19(10)14)11-5-7-12(16)8-6-11/h2-8H,1H3. The summed E-state index contributed by atoms with van der Waals surface area (Å²) in [7, 11) is 0. The Labute approximate surface area is 115 Å². The van der Waals surface area contributed by atoms with E-state index in [1.54, 1.807) is 12.1 Å². The number of rotatable bonds is 1. The molecule has 4 heteroatoms. The van der Waals surface area contributed by atoms with E-state index in [-0.39, 0.29) is 0 Å². The van der Waals surface area contributed by atoms with Gasteiger partial charge in [-0.1, -0.05) is 29.8 Å². The molecule has 19 heavy (non-hydrogen) atoms. The number of pyridine rings is 1. The third kappa shape index (κ3) is 1.87. The molecule has 92 valence electrons. The SMILES string of the molecule is Cc1cccc2nc(-c3ccc(Cl)cc3)c(C#N)n12. The number of benzene rings is 1. The van der Waals surface area contributed by atoms with Crippen molar-refractivity contribution >= 4 is 17.2 Å². The predicted molar refractivity (Wildman–Crippen MR) is 75.1 cm³/mol. The summed E-state index contributed by atoms with van der Waals surface area (Å²) >= 11 is 5.89. The molecule has 3 rings (SSSR count). The molecule has 0 atom stereocenters. The van der Waals surface area contributed by atoms with Crippen molar-refractivity contribution in [1.82, 2.24) is 9.38 Å². The van der Waals surface area contributed by atoms with Crippen LogP contribution in [0.3, 0.4) is 0 Å². The summed E-state index contributed by atoms with van der Waals surface area (Å²) in [6.45, 7) is 1.96. The zero-order chi connectivity index (χ0) is 13.4. The fraction of sp³-hybridized carbons (Fsp3) is 0.0667. The average Bonchev–Trinajstić information content (AvgIpc) is 2.79. The second-order valence-corrected chi connectivity index (χ2v) is 4.72. The normalized spacial score (nSPS) is 10.6. The van der Waals surface area contributed by atoms with Crippen LogP contribution in [0.4, 0.5) is 0 Å². The Hall–Kier alpha value is -2.31. The molecular weight excluding hydrogens is 258 g/mol. The molecular formula is C15H10ClN3. The fourth-order valence-corrected chi connectivity index (χ4v) is 2.29. The van der Waals surface area contributed by atoms with Crippen molar-refractivity contribution in [2.75, 3.05) is 0 Å². The Morgan fingerprint density at radius 1 is 1.16 bits per heavy atom. The molecule has 0 aliphatic heterocycles. The van der Waals surface area contributed by atoms with E-state index in [1.165, 1.54) is 0 Å². The molecule has 3 nitrogen and oxygen atoms in total. The summed E-state index contributed by atoms with van der Waals surface area (Å²) in [6.07, 6.45) is 0. The number of fused-ring (bicyclic) bond motifs is 1. The van der Waals surface area contributed by atoms with E-state index in [0.29, 0.717) is 16.4 Å². The lowest BCUT2D eigenvalue weighted by atomic mass is 10.1. The highest BCUT2D eigenvalue weighted by atomic mass is 35.5. The number of nitriles is 1. The maximum absolute atomic E-state index is 9.41. The van der Waals surface area contributed by atoms with Crippen LogP contribution in [-0.4, -0.2) is 9.38 Å². The molecule has 0 N–H and O–H groups in total. The lowest BCUT2D eigenvalue weighted by Crippen LogP contribution is -1.93. The summed E-state index contributed by atoms with van der Waals surface area (Å²) in [5, 5.41) is 10.1. The van der Waals surface area contributed by atoms with Gasteiger partial charge in [-0.25, -0.2) is 4.98 Å². The van der Waals surface area contributed by atoms with Crippen LogP contribution in [-0.2, 0) is 0 Å². The van der Waals surface area contributed by atoms with Crippen LogP contribution in [0, 0.1) is 18.3 Å². The molecule has 3 aromatic rings. The molecule has 2 aromatic heterocycles. The predicted octanol–water partition coefficient (Wildman–Crippen LogP) is 3.83. The third-order valence-electron chi connectivity index (χ3n) is 3.06. The van der Waals surface area contributed by atoms with Gasteiger partial charge in [-0.3, -0.25) is 4.40 Å². The van der Waals surface area contributed by atoms with Crippen LogP contribution >= 0.6 is 11.6 Å². The van der Waals surface area contributed by atoms with Crippen molar-refractivity contribution in [3.63, 3.8) is 0 Å². The van der Waals surface area contributed by atoms with Crippen LogP contribution in [0.5, 0.6) is 0 Å². The average molecular weight is 268 g/mol. The number of nitrogens with zero attached hydrogens (tertiary/aromatic N) is 3. The molecule has 2 heterocycles. The molecule has 0 bridgehead atoms. The van der Waals surface area contributed by atoms with Gasteiger partial charge < -0.3 is 0 Å². The molecule has 0 amide bonds. The van der Waals surface area contributed by atoms with E-state index < -0.39 is 0 Å². The molecule has 0 spiro atoms. The first-order valence-electron chi connectivity index (χ1n) is 5.85. The first-order valence-corrected chi connectivity index (χ1v) is 6.22. The lowest BCUT2D eigenvalue weighted by Gasteiger charge is -2.00. The van der Waals surface area contributed by atoms with Gasteiger partial charge in [0.1, 0.15) is 17.4 Å². The van der Waals surface area contributed by atoms with Crippen LogP contribution in [0.2, 0.25) is 5.02 Å². The van der Waals surface area contributed by atoms with E-state index in [1.807, 2.05) is 41.7 Å². The van der Waals surface area contributed by atoms with Crippen LogP contribution in [0.15, 0.2) is 42.5 Å². The monoisotopic (exact) mass is 267 g/mol. The molecule has 0 aliphatic carbocycles. The van der Waals surface area contributed by atoms with Gasteiger partial charge in [0.15, 0.2) is 5.69 Å². The third-order valence-corrected chi connectivity index (χ3v) is 3.31. The van der Waals surface area contributed by atoms with Gasteiger partial charge in [-0.2, -0.15) is 5.26 Å². The van der Waals surface area contributed by atoms with E-state index in [9.17, 15) is 5.26 Å². The first kappa shape index (κ1) is 11.8. The van der Waals surface area contributed by atoms with Crippen molar-refractivity contribution in [2.24, 2.45) is 0 Å². The maximum atomic E-state index is 9.41. The highest BCUT2D eigenvalue weighted by Gasteiger charge is 2.14. The first-order chi connectivity index (χ1) is 9.20. The van der Waals surface area contributed by atoms with E-state index >= 15 is 0 Å². The molecule has 0 saturated carbocycles. The van der Waals surface area contributed by atoms with Crippen LogP contribution < -0.4 is 0 Å². The minimum Gasteiger partial charge on any atom is -0.288 e. The molecule has 0 saturated heterocycles. The second kappa shape index (κ2) is 4.42. The van der Waals surface area contributed by atoms with Gasteiger partial charge in [0.25, 0.3) is 0 Å². The zero-order valence-electron chi connectivity index (χ0n) is 10.3. The number of hydrogen-bond donors (Lipinski definition) is 0. The van der Waals surface area contributed by atoms with Gasteiger partial charge in [-0.05, 0) is 31.2 Å². The smallest absolute Gasteiger partial charge is 0.152 e. The van der Waals surface area contributed by atoms with E-state index in [2.05, 4.69) is 11.1 Å². The summed E-state index contributed by atoms with van der Waals surface area (Å²) in [5.74, 6) is 0. The Morgan fingerprint density at radius 2 is 1.89 bits per heavy atom. The Morgan fingerprint density at radius 3 is 2.58 bits per heavy atom. The molecule has 1 aromatic carbocycles. The lowest BCUT2D eigenvalue weighted by molar-refractivity contribution is 1.07. The van der Waals surface area contributed by atoms with E-state index in [4.69, 9.17) is 11.6 Å². The number of imidazole rings is 1. The van der Waals surface area contributed by atoms with Crippen molar-refractivity contribution in [3.8, 4) is 17.3 Å². The van der Waals surface area contributed by atoms with Gasteiger partial charge in [-0.15, -0.1) is 0 Å². The number of aromatic nitrogens is 2. The van der Waals surface area contributed by atoms with Gasteiger partial charge in [0.05, 0.1) is 0 Å². The minimum absolute atomic E-state index is 0.551. The number of halogens is 1. The fourth-order valence-electron chi connectivity index (χ4n) is 2.17. The molecule has 0 radical (unpaired) electrons. The van der Waals surface area contributed by atoms with E-state index in [0.717, 1.165) is 16.9 Å². The van der Waals surface area contributed by atoms with Crippen molar-refractivity contribution in [2.45, 2.75) is 6.92 Å². The number of aryl methyl sites for hydroxylation is 1. The highest BCUT2D eigenvalue weighted by molar-refractivity contribution is 6.30. The molecule has 0 unspecified atom stereocenters. The summed E-state index contributed by atoms with van der Waals surface area (Å²) < 4.78 is 1.87. The van der Waals surface area contributed by atoms with Gasteiger partial charge >= 0.3 is 0 Å². The van der Waals surface area contributed by atoms with Gasteiger partial charge in [0.2, 0.25) is 0 Å². The Balaban J connectivity index is 2.33. The second-order valence-electron chi connectivity index (χ2n) is 4.29. The highest BCUT2D eigenvalue weighted by Crippen LogP contribution is 2.26. The van der Waals surface area contributed by atoms with Crippen LogP contribution in [0.1, 0.15) is 11.4 Å². The maximum Gasteiger partial charge on any atom is 0.152 e. The van der Waals surface area contributed by atoms with Crippen molar-refractivity contribution < 1.29 is 0 Å². The van der Waals surface area contributed by atoms with Crippen LogP contribution in [0.25, 0.3) is 16.9 Å².